The number of rotatable bonds is 3. The summed E-state index contributed by atoms with van der Waals surface area (Å²) in [6.07, 6.45) is 4.17. The number of ether oxygens (including phenoxy) is 1. The lowest BCUT2D eigenvalue weighted by Crippen LogP contribution is -2.43. The van der Waals surface area contributed by atoms with Crippen LogP contribution >= 0.6 is 0 Å². The number of nitro groups is 1. The summed E-state index contributed by atoms with van der Waals surface area (Å²) in [6, 6.07) is 10.0. The third kappa shape index (κ3) is 2.70. The summed E-state index contributed by atoms with van der Waals surface area (Å²) in [5.74, 6) is 1.21. The van der Waals surface area contributed by atoms with Crippen molar-refractivity contribution in [3.05, 3.63) is 52.7 Å². The predicted molar refractivity (Wildman–Crippen MR) is 109 cm³/mol. The number of non-ortho nitro benzene ring substituents is 1. The van der Waals surface area contributed by atoms with Gasteiger partial charge in [0.15, 0.2) is 17.2 Å². The molecule has 0 saturated carbocycles. The van der Waals surface area contributed by atoms with Gasteiger partial charge in [0, 0.05) is 37.0 Å². The lowest BCUT2D eigenvalue weighted by atomic mass is 10.2. The zero-order chi connectivity index (χ0) is 20.2. The van der Waals surface area contributed by atoms with Crippen molar-refractivity contribution in [2.75, 3.05) is 18.0 Å². The fourth-order valence-corrected chi connectivity index (χ4v) is 4.33. The maximum Gasteiger partial charge on any atom is 0.269 e. The van der Waals surface area contributed by atoms with Crippen LogP contribution in [-0.4, -0.2) is 45.2 Å². The molecule has 0 spiro atoms. The first kappa shape index (κ1) is 17.3. The van der Waals surface area contributed by atoms with Gasteiger partial charge in [-0.2, -0.15) is 0 Å². The molecule has 2 atom stereocenters. The summed E-state index contributed by atoms with van der Waals surface area (Å²) in [5.41, 5.74) is 2.55. The molecular formula is C21H17N5O4. The van der Waals surface area contributed by atoms with Crippen molar-refractivity contribution in [2.24, 2.45) is 0 Å². The fraction of sp³-hybridized carbons (Fsp3) is 0.286. The van der Waals surface area contributed by atoms with E-state index in [0.717, 1.165) is 31.3 Å². The zero-order valence-corrected chi connectivity index (χ0v) is 15.9. The Hall–Kier alpha value is -3.59. The number of aromatic nitrogens is 3. The summed E-state index contributed by atoms with van der Waals surface area (Å²) >= 11 is 0. The molecule has 0 aliphatic carbocycles. The van der Waals surface area contributed by atoms with Crippen LogP contribution < -0.4 is 4.90 Å². The van der Waals surface area contributed by atoms with Crippen molar-refractivity contribution < 1.29 is 14.1 Å². The molecule has 150 valence electrons. The molecule has 2 bridgehead atoms. The molecule has 0 radical (unpaired) electrons. The van der Waals surface area contributed by atoms with Gasteiger partial charge in [0.05, 0.1) is 22.5 Å². The van der Waals surface area contributed by atoms with E-state index in [4.69, 9.17) is 19.1 Å². The number of fused-ring (bicyclic) bond motifs is 5. The van der Waals surface area contributed by atoms with Crippen molar-refractivity contribution >= 4 is 33.7 Å². The van der Waals surface area contributed by atoms with Crippen molar-refractivity contribution in [1.82, 2.24) is 15.0 Å². The molecule has 3 aromatic heterocycles. The number of anilines is 1. The lowest BCUT2D eigenvalue weighted by molar-refractivity contribution is -0.384. The Bertz CT molecular complexity index is 1270. The van der Waals surface area contributed by atoms with Gasteiger partial charge in [0.25, 0.3) is 5.69 Å². The number of furan rings is 1. The van der Waals surface area contributed by atoms with Gasteiger partial charge in [-0.1, -0.05) is 0 Å². The summed E-state index contributed by atoms with van der Waals surface area (Å²) in [6.45, 7) is 1.49. The number of morpholine rings is 1. The third-order valence-electron chi connectivity index (χ3n) is 5.75. The minimum absolute atomic E-state index is 0.0303. The molecule has 9 heteroatoms. The first-order valence-corrected chi connectivity index (χ1v) is 9.86. The first-order chi connectivity index (χ1) is 14.7. The van der Waals surface area contributed by atoms with Gasteiger partial charge in [-0.25, -0.2) is 15.0 Å². The monoisotopic (exact) mass is 403 g/mol. The third-order valence-corrected chi connectivity index (χ3v) is 5.75. The highest BCUT2D eigenvalue weighted by Gasteiger charge is 2.36. The van der Waals surface area contributed by atoms with E-state index in [-0.39, 0.29) is 17.9 Å². The first-order valence-electron chi connectivity index (χ1n) is 9.86. The molecule has 2 aliphatic heterocycles. The smallest absolute Gasteiger partial charge is 0.269 e. The molecule has 4 aromatic rings. The summed E-state index contributed by atoms with van der Waals surface area (Å²) < 4.78 is 12.0. The average molecular weight is 403 g/mol. The van der Waals surface area contributed by atoms with Crippen molar-refractivity contribution in [2.45, 2.75) is 25.0 Å². The molecule has 1 aromatic carbocycles. The SMILES string of the molecule is O=[N+]([O-])c1ccc(-c2nc(N3CC4CC[C@H](C3)O4)c3oc4ncccc4c3n2)cc1. The predicted octanol–water partition coefficient (Wildman–Crippen LogP) is 3.71. The molecule has 0 N–H and O–H groups in total. The molecule has 9 nitrogen and oxygen atoms in total. The highest BCUT2D eigenvalue weighted by atomic mass is 16.6. The number of nitro benzene ring substituents is 1. The molecule has 5 heterocycles. The second-order valence-electron chi connectivity index (χ2n) is 7.67. The van der Waals surface area contributed by atoms with Crippen LogP contribution in [0.15, 0.2) is 47.0 Å². The van der Waals surface area contributed by atoms with E-state index in [1.165, 1.54) is 12.1 Å². The van der Waals surface area contributed by atoms with Crippen molar-refractivity contribution in [3.8, 4) is 11.4 Å². The van der Waals surface area contributed by atoms with Crippen LogP contribution in [0.2, 0.25) is 0 Å². The molecule has 2 saturated heterocycles. The van der Waals surface area contributed by atoms with Crippen molar-refractivity contribution in [3.63, 3.8) is 0 Å². The Labute approximate surface area is 170 Å². The van der Waals surface area contributed by atoms with Gasteiger partial charge in [0.2, 0.25) is 5.71 Å². The fourth-order valence-electron chi connectivity index (χ4n) is 4.33. The van der Waals surface area contributed by atoms with Gasteiger partial charge in [-0.05, 0) is 37.1 Å². The Morgan fingerprint density at radius 1 is 1.07 bits per heavy atom. The van der Waals surface area contributed by atoms with Crippen LogP contribution in [0.5, 0.6) is 0 Å². The standard InChI is InChI=1S/C21H17N5O4/c27-26(28)13-5-3-12(4-6-13)19-23-17-16-2-1-9-22-21(16)30-18(17)20(24-19)25-10-14-7-8-15(11-25)29-14/h1-6,9,14-15H,7-8,10-11H2/t14-,15?/m1/s1. The van der Waals surface area contributed by atoms with Crippen LogP contribution in [0.3, 0.4) is 0 Å². The summed E-state index contributed by atoms with van der Waals surface area (Å²) in [4.78, 5) is 26.7. The van der Waals surface area contributed by atoms with E-state index in [1.807, 2.05) is 12.1 Å². The van der Waals surface area contributed by atoms with E-state index in [2.05, 4.69) is 9.88 Å². The number of pyridine rings is 1. The van der Waals surface area contributed by atoms with Crippen LogP contribution in [0.4, 0.5) is 11.5 Å². The van der Waals surface area contributed by atoms with Gasteiger partial charge in [-0.15, -0.1) is 0 Å². The summed E-state index contributed by atoms with van der Waals surface area (Å²) in [7, 11) is 0. The maximum absolute atomic E-state index is 11.0. The average Bonchev–Trinajstić information content (AvgIpc) is 3.32. The van der Waals surface area contributed by atoms with Gasteiger partial charge in [-0.3, -0.25) is 10.1 Å². The zero-order valence-electron chi connectivity index (χ0n) is 15.9. The minimum Gasteiger partial charge on any atom is -0.432 e. The van der Waals surface area contributed by atoms with Crippen LogP contribution in [0.1, 0.15) is 12.8 Å². The second kappa shape index (κ2) is 6.46. The van der Waals surface area contributed by atoms with E-state index in [9.17, 15) is 10.1 Å². The highest BCUT2D eigenvalue weighted by Crippen LogP contribution is 2.37. The Balaban J connectivity index is 1.55. The normalized spacial score (nSPS) is 20.9. The van der Waals surface area contributed by atoms with E-state index in [0.29, 0.717) is 34.0 Å². The minimum atomic E-state index is -0.419. The quantitative estimate of drug-likeness (QED) is 0.376. The molecule has 2 aliphatic rings. The van der Waals surface area contributed by atoms with Crippen molar-refractivity contribution in [1.29, 1.82) is 0 Å². The largest absolute Gasteiger partial charge is 0.432 e. The second-order valence-corrected chi connectivity index (χ2v) is 7.67. The number of hydrogen-bond acceptors (Lipinski definition) is 8. The Kier molecular flexibility index (Phi) is 3.72. The van der Waals surface area contributed by atoms with Crippen LogP contribution in [0.25, 0.3) is 33.6 Å². The van der Waals surface area contributed by atoms with Gasteiger partial charge in [0.1, 0.15) is 5.52 Å². The van der Waals surface area contributed by atoms with E-state index in [1.54, 1.807) is 18.3 Å². The number of nitrogens with zero attached hydrogens (tertiary/aromatic N) is 5. The molecule has 30 heavy (non-hydrogen) atoms. The molecule has 2 fully saturated rings. The maximum atomic E-state index is 11.0. The Morgan fingerprint density at radius 2 is 1.83 bits per heavy atom. The highest BCUT2D eigenvalue weighted by molar-refractivity contribution is 6.05. The topological polar surface area (TPSA) is 107 Å². The number of benzene rings is 1. The molecule has 0 amide bonds. The van der Waals surface area contributed by atoms with Gasteiger partial charge >= 0.3 is 0 Å². The molecular weight excluding hydrogens is 386 g/mol. The molecule has 6 rings (SSSR count). The molecule has 1 unspecified atom stereocenters. The van der Waals surface area contributed by atoms with Crippen LogP contribution in [0, 0.1) is 10.1 Å². The Morgan fingerprint density at radius 3 is 2.57 bits per heavy atom. The number of hydrogen-bond donors (Lipinski definition) is 0. The van der Waals surface area contributed by atoms with Gasteiger partial charge < -0.3 is 14.1 Å². The lowest BCUT2D eigenvalue weighted by Gasteiger charge is -2.32. The van der Waals surface area contributed by atoms with E-state index >= 15 is 0 Å². The van der Waals surface area contributed by atoms with E-state index < -0.39 is 4.92 Å². The summed E-state index contributed by atoms with van der Waals surface area (Å²) in [5, 5.41) is 11.8. The van der Waals surface area contributed by atoms with Crippen LogP contribution in [-0.2, 0) is 4.74 Å².